The molecule has 0 aromatic heterocycles. The third-order valence-corrected chi connectivity index (χ3v) is 3.86. The van der Waals surface area contributed by atoms with Gasteiger partial charge in [0.25, 0.3) is 0 Å². The summed E-state index contributed by atoms with van der Waals surface area (Å²) in [6.45, 7) is 1.84. The first-order valence-corrected chi connectivity index (χ1v) is 9.15. The lowest BCUT2D eigenvalue weighted by molar-refractivity contribution is -0.137. The maximum atomic E-state index is 10.3. The third-order valence-electron chi connectivity index (χ3n) is 3.10. The van der Waals surface area contributed by atoms with E-state index in [0.717, 1.165) is 26.1 Å². The van der Waals surface area contributed by atoms with E-state index >= 15 is 0 Å². The largest absolute Gasteiger partial charge is 0.481 e. The van der Waals surface area contributed by atoms with E-state index in [-0.39, 0.29) is 0 Å². The second-order valence-electron chi connectivity index (χ2n) is 4.98. The van der Waals surface area contributed by atoms with Gasteiger partial charge in [0.1, 0.15) is 0 Å². The smallest absolute Gasteiger partial charge is 0.303 e. The first-order chi connectivity index (χ1) is 9.27. The molecule has 0 unspecified atom stereocenters. The van der Waals surface area contributed by atoms with Gasteiger partial charge in [-0.05, 0) is 30.1 Å². The number of hydrogen-bond acceptors (Lipinski definition) is 2. The van der Waals surface area contributed by atoms with E-state index < -0.39 is 5.97 Å². The Morgan fingerprint density at radius 3 is 1.79 bits per heavy atom. The molecule has 0 aliphatic rings. The average Bonchev–Trinajstić information content (AvgIpc) is 2.39. The molecule has 0 aliphatic carbocycles. The highest BCUT2D eigenvalue weighted by molar-refractivity contribution is 14.1. The van der Waals surface area contributed by atoms with Gasteiger partial charge in [-0.15, -0.1) is 0 Å². The molecule has 0 amide bonds. The van der Waals surface area contributed by atoms with Crippen LogP contribution in [-0.4, -0.2) is 28.7 Å². The lowest BCUT2D eigenvalue weighted by Crippen LogP contribution is -1.97. The molecule has 0 radical (unpaired) electrons. The number of carbonyl (C=O) groups is 1. The normalized spacial score (nSPS) is 10.8. The van der Waals surface area contributed by atoms with Crippen LogP contribution in [0.1, 0.15) is 70.6 Å². The molecule has 1 N–H and O–H groups in total. The molecule has 0 aromatic rings. The number of rotatable bonds is 15. The van der Waals surface area contributed by atoms with E-state index in [4.69, 9.17) is 9.84 Å². The molecule has 0 fully saturated rings. The fourth-order valence-corrected chi connectivity index (χ4v) is 2.48. The first-order valence-electron chi connectivity index (χ1n) is 7.63. The zero-order valence-electron chi connectivity index (χ0n) is 12.0. The highest BCUT2D eigenvalue weighted by Gasteiger charge is 1.96. The molecule has 0 aliphatic heterocycles. The highest BCUT2D eigenvalue weighted by Crippen LogP contribution is 2.09. The van der Waals surface area contributed by atoms with E-state index in [2.05, 4.69) is 22.6 Å². The predicted octanol–water partition coefficient (Wildman–Crippen LogP) is 4.81. The molecular weight excluding hydrogens is 355 g/mol. The molecule has 4 heteroatoms. The van der Waals surface area contributed by atoms with Crippen LogP contribution < -0.4 is 0 Å². The lowest BCUT2D eigenvalue weighted by atomic mass is 10.1. The first kappa shape index (κ1) is 19.2. The topological polar surface area (TPSA) is 46.5 Å². The molecule has 0 saturated heterocycles. The Labute approximate surface area is 131 Å². The maximum absolute atomic E-state index is 10.3. The van der Waals surface area contributed by atoms with Crippen LogP contribution in [0.15, 0.2) is 0 Å². The predicted molar refractivity (Wildman–Crippen MR) is 88.1 cm³/mol. The zero-order valence-corrected chi connectivity index (χ0v) is 14.2. The minimum atomic E-state index is -0.668. The summed E-state index contributed by atoms with van der Waals surface area (Å²) >= 11 is 2.40. The number of carboxylic acids is 1. The van der Waals surface area contributed by atoms with E-state index in [1.807, 2.05) is 0 Å². The molecule has 0 saturated carbocycles. The SMILES string of the molecule is O=C(O)CCCCCCCCCCOCCCCI. The summed E-state index contributed by atoms with van der Waals surface area (Å²) in [6.07, 6.45) is 12.1. The maximum Gasteiger partial charge on any atom is 0.303 e. The fraction of sp³-hybridized carbons (Fsp3) is 0.933. The molecule has 3 nitrogen and oxygen atoms in total. The average molecular weight is 384 g/mol. The number of carboxylic acid groups (broad SMARTS) is 1. The van der Waals surface area contributed by atoms with E-state index in [0.29, 0.717) is 6.42 Å². The van der Waals surface area contributed by atoms with Gasteiger partial charge in [0.2, 0.25) is 0 Å². The summed E-state index contributed by atoms with van der Waals surface area (Å²) in [6, 6.07) is 0. The number of halogens is 1. The van der Waals surface area contributed by atoms with Crippen LogP contribution in [0.2, 0.25) is 0 Å². The molecule has 0 heterocycles. The summed E-state index contributed by atoms with van der Waals surface area (Å²) < 4.78 is 6.79. The minimum Gasteiger partial charge on any atom is -0.481 e. The number of unbranched alkanes of at least 4 members (excludes halogenated alkanes) is 8. The number of alkyl halides is 1. The summed E-state index contributed by atoms with van der Waals surface area (Å²) in [5.74, 6) is -0.668. The van der Waals surface area contributed by atoms with Crippen LogP contribution >= 0.6 is 22.6 Å². The van der Waals surface area contributed by atoms with Crippen molar-refractivity contribution in [3.05, 3.63) is 0 Å². The molecule has 0 spiro atoms. The van der Waals surface area contributed by atoms with Crippen molar-refractivity contribution in [1.29, 1.82) is 0 Å². The van der Waals surface area contributed by atoms with Gasteiger partial charge in [0.05, 0.1) is 0 Å². The van der Waals surface area contributed by atoms with Crippen LogP contribution in [0.25, 0.3) is 0 Å². The van der Waals surface area contributed by atoms with Gasteiger partial charge >= 0.3 is 5.97 Å². The van der Waals surface area contributed by atoms with Crippen molar-refractivity contribution in [2.24, 2.45) is 0 Å². The fourth-order valence-electron chi connectivity index (χ4n) is 1.94. The molecule has 114 valence electrons. The number of aliphatic carboxylic acids is 1. The third kappa shape index (κ3) is 18.2. The van der Waals surface area contributed by atoms with Gasteiger partial charge < -0.3 is 9.84 Å². The Balaban J connectivity index is 2.93. The highest BCUT2D eigenvalue weighted by atomic mass is 127. The molecule has 0 rings (SSSR count). The van der Waals surface area contributed by atoms with Crippen LogP contribution in [0.3, 0.4) is 0 Å². The van der Waals surface area contributed by atoms with Gasteiger partial charge in [0, 0.05) is 19.6 Å². The number of ether oxygens (including phenoxy) is 1. The van der Waals surface area contributed by atoms with Crippen molar-refractivity contribution < 1.29 is 14.6 Å². The Hall–Kier alpha value is 0.160. The van der Waals surface area contributed by atoms with Gasteiger partial charge in [-0.2, -0.15) is 0 Å². The van der Waals surface area contributed by atoms with Crippen molar-refractivity contribution >= 4 is 28.6 Å². The summed E-state index contributed by atoms with van der Waals surface area (Å²) in [5, 5.41) is 8.49. The quantitative estimate of drug-likeness (QED) is 0.250. The monoisotopic (exact) mass is 384 g/mol. The van der Waals surface area contributed by atoms with Crippen molar-refractivity contribution in [3.63, 3.8) is 0 Å². The lowest BCUT2D eigenvalue weighted by Gasteiger charge is -2.04. The standard InChI is InChI=1S/C15H29IO3/c16-12-8-10-14-19-13-9-6-4-2-1-3-5-7-11-15(17)18/h1-14H2,(H,17,18). The van der Waals surface area contributed by atoms with Gasteiger partial charge in [-0.1, -0.05) is 61.1 Å². The Kier molecular flexibility index (Phi) is 16.4. The van der Waals surface area contributed by atoms with E-state index in [1.165, 1.54) is 55.8 Å². The number of hydrogen-bond donors (Lipinski definition) is 1. The molecule has 19 heavy (non-hydrogen) atoms. The minimum absolute atomic E-state index is 0.328. The van der Waals surface area contributed by atoms with Crippen molar-refractivity contribution in [1.82, 2.24) is 0 Å². The van der Waals surface area contributed by atoms with Crippen molar-refractivity contribution in [2.45, 2.75) is 70.6 Å². The van der Waals surface area contributed by atoms with Crippen LogP contribution in [-0.2, 0) is 9.53 Å². The van der Waals surface area contributed by atoms with Crippen molar-refractivity contribution in [3.8, 4) is 0 Å². The second kappa shape index (κ2) is 16.2. The summed E-state index contributed by atoms with van der Waals surface area (Å²) in [5.41, 5.74) is 0. The molecular formula is C15H29IO3. The Bertz CT molecular complexity index is 198. The molecule has 0 aromatic carbocycles. The summed E-state index contributed by atoms with van der Waals surface area (Å²) in [4.78, 5) is 10.3. The van der Waals surface area contributed by atoms with Crippen LogP contribution in [0.5, 0.6) is 0 Å². The van der Waals surface area contributed by atoms with E-state index in [1.54, 1.807) is 0 Å². The molecule has 0 bridgehead atoms. The Morgan fingerprint density at radius 1 is 0.789 bits per heavy atom. The van der Waals surface area contributed by atoms with Crippen LogP contribution in [0.4, 0.5) is 0 Å². The van der Waals surface area contributed by atoms with Gasteiger partial charge in [0.15, 0.2) is 0 Å². The summed E-state index contributed by atoms with van der Waals surface area (Å²) in [7, 11) is 0. The zero-order chi connectivity index (χ0) is 14.2. The molecule has 0 atom stereocenters. The Morgan fingerprint density at radius 2 is 1.26 bits per heavy atom. The van der Waals surface area contributed by atoms with Gasteiger partial charge in [-0.25, -0.2) is 0 Å². The van der Waals surface area contributed by atoms with Crippen LogP contribution in [0, 0.1) is 0 Å². The van der Waals surface area contributed by atoms with E-state index in [9.17, 15) is 4.79 Å². The van der Waals surface area contributed by atoms with Crippen molar-refractivity contribution in [2.75, 3.05) is 17.6 Å². The van der Waals surface area contributed by atoms with Gasteiger partial charge in [-0.3, -0.25) is 4.79 Å². The second-order valence-corrected chi connectivity index (χ2v) is 6.06.